The van der Waals surface area contributed by atoms with Gasteiger partial charge < -0.3 is 19.9 Å². The summed E-state index contributed by atoms with van der Waals surface area (Å²) in [7, 11) is 0. The second-order valence-electron chi connectivity index (χ2n) is 8.73. The van der Waals surface area contributed by atoms with Gasteiger partial charge in [-0.1, -0.05) is 34.1 Å². The van der Waals surface area contributed by atoms with Gasteiger partial charge in [0.25, 0.3) is 0 Å². The van der Waals surface area contributed by atoms with E-state index in [1.54, 1.807) is 30.5 Å². The molecule has 1 aliphatic rings. The van der Waals surface area contributed by atoms with Gasteiger partial charge >= 0.3 is 0 Å². The Kier molecular flexibility index (Phi) is 7.27. The van der Waals surface area contributed by atoms with Gasteiger partial charge in [-0.05, 0) is 55.7 Å². The van der Waals surface area contributed by atoms with E-state index >= 15 is 0 Å². The number of fused-ring (bicyclic) bond motifs is 1. The quantitative estimate of drug-likeness (QED) is 0.244. The number of alkyl halides is 1. The average Bonchev–Trinajstić information content (AvgIpc) is 3.22. The summed E-state index contributed by atoms with van der Waals surface area (Å²) in [6.07, 6.45) is 6.04. The topological polar surface area (TPSA) is 100 Å². The predicted molar refractivity (Wildman–Crippen MR) is 142 cm³/mol. The highest BCUT2D eigenvalue weighted by Gasteiger charge is 2.24. The lowest BCUT2D eigenvalue weighted by Crippen LogP contribution is -2.40. The van der Waals surface area contributed by atoms with E-state index in [1.165, 1.54) is 6.33 Å². The van der Waals surface area contributed by atoms with E-state index in [9.17, 15) is 9.59 Å². The number of halogens is 1. The Morgan fingerprint density at radius 1 is 1.06 bits per heavy atom. The molecule has 5 rings (SSSR count). The first-order valence-electron chi connectivity index (χ1n) is 11.9. The van der Waals surface area contributed by atoms with Gasteiger partial charge in [-0.2, -0.15) is 0 Å². The molecule has 1 aliphatic heterocycles. The molecule has 0 spiro atoms. The molecule has 9 heteroatoms. The van der Waals surface area contributed by atoms with Crippen LogP contribution >= 0.6 is 15.9 Å². The number of likely N-dealkylation sites (tertiary alicyclic amines) is 1. The number of ketones is 1. The van der Waals surface area contributed by atoms with E-state index < -0.39 is 0 Å². The van der Waals surface area contributed by atoms with Crippen LogP contribution in [0.1, 0.15) is 35.2 Å². The van der Waals surface area contributed by atoms with E-state index in [0.29, 0.717) is 45.6 Å². The number of aromatic nitrogens is 3. The minimum absolute atomic E-state index is 0.0286. The normalized spacial score (nSPS) is 15.9. The lowest BCUT2D eigenvalue weighted by Gasteiger charge is -2.25. The van der Waals surface area contributed by atoms with Crippen molar-refractivity contribution in [1.29, 1.82) is 0 Å². The molecule has 1 unspecified atom stereocenters. The first kappa shape index (κ1) is 24.0. The fraction of sp³-hybridized carbons (Fsp3) is 0.259. The van der Waals surface area contributed by atoms with Crippen LogP contribution in [-0.4, -0.2) is 56.0 Å². The standard InChI is InChI=1S/C27H26BrN5O3/c28-14-23(34)33-13-5-4-6-19(16-33)32-27-24-22(15-29-26(24)30-17-31-27)25(35)18-9-11-21(12-10-18)36-20-7-2-1-3-8-20/h1-3,7-12,15,17,19H,4-6,13-14,16H2,(H2,29,30,31,32). The molecule has 2 aromatic heterocycles. The second kappa shape index (κ2) is 10.9. The van der Waals surface area contributed by atoms with Crippen molar-refractivity contribution in [3.8, 4) is 11.5 Å². The van der Waals surface area contributed by atoms with Crippen LogP contribution in [0.3, 0.4) is 0 Å². The number of anilines is 1. The van der Waals surface area contributed by atoms with Crippen molar-refractivity contribution in [1.82, 2.24) is 19.9 Å². The third-order valence-electron chi connectivity index (χ3n) is 6.29. The first-order valence-corrected chi connectivity index (χ1v) is 13.0. The Balaban J connectivity index is 1.38. The number of hydrogen-bond donors (Lipinski definition) is 2. The fourth-order valence-electron chi connectivity index (χ4n) is 4.47. The summed E-state index contributed by atoms with van der Waals surface area (Å²) < 4.78 is 5.84. The molecule has 8 nitrogen and oxygen atoms in total. The van der Waals surface area contributed by atoms with Crippen LogP contribution in [0.15, 0.2) is 67.1 Å². The van der Waals surface area contributed by atoms with Crippen LogP contribution in [0.25, 0.3) is 11.0 Å². The SMILES string of the molecule is O=C(c1ccc(Oc2ccccc2)cc1)c1c[nH]c2ncnc(NC3CCCCN(C(=O)CBr)C3)c12. The molecule has 36 heavy (non-hydrogen) atoms. The highest BCUT2D eigenvalue weighted by molar-refractivity contribution is 9.09. The molecule has 2 N–H and O–H groups in total. The van der Waals surface area contributed by atoms with Crippen LogP contribution in [0.2, 0.25) is 0 Å². The third-order valence-corrected chi connectivity index (χ3v) is 6.77. The number of hydrogen-bond acceptors (Lipinski definition) is 6. The zero-order valence-electron chi connectivity index (χ0n) is 19.6. The lowest BCUT2D eigenvalue weighted by molar-refractivity contribution is -0.128. The molecular formula is C27H26BrN5O3. The van der Waals surface area contributed by atoms with E-state index in [2.05, 4.69) is 36.2 Å². The average molecular weight is 548 g/mol. The van der Waals surface area contributed by atoms with Crippen LogP contribution < -0.4 is 10.1 Å². The van der Waals surface area contributed by atoms with Crippen molar-refractivity contribution in [2.45, 2.75) is 25.3 Å². The van der Waals surface area contributed by atoms with Gasteiger partial charge in [-0.3, -0.25) is 9.59 Å². The Morgan fingerprint density at radius 2 is 1.83 bits per heavy atom. The second-order valence-corrected chi connectivity index (χ2v) is 9.29. The highest BCUT2D eigenvalue weighted by atomic mass is 79.9. The summed E-state index contributed by atoms with van der Waals surface area (Å²) in [6, 6.07) is 16.6. The summed E-state index contributed by atoms with van der Waals surface area (Å²) in [6.45, 7) is 1.34. The summed E-state index contributed by atoms with van der Waals surface area (Å²) in [5, 5.41) is 4.45. The number of para-hydroxylation sites is 1. The van der Waals surface area contributed by atoms with E-state index in [0.717, 1.165) is 31.6 Å². The molecular weight excluding hydrogens is 522 g/mol. The molecule has 1 amide bonds. The van der Waals surface area contributed by atoms with E-state index in [4.69, 9.17) is 4.74 Å². The van der Waals surface area contributed by atoms with Crippen molar-refractivity contribution in [3.63, 3.8) is 0 Å². The number of amides is 1. The largest absolute Gasteiger partial charge is 0.457 e. The summed E-state index contributed by atoms with van der Waals surface area (Å²) >= 11 is 3.28. The first-order chi connectivity index (χ1) is 17.6. The fourth-order valence-corrected chi connectivity index (χ4v) is 4.82. The van der Waals surface area contributed by atoms with Crippen LogP contribution in [0.4, 0.5) is 5.82 Å². The van der Waals surface area contributed by atoms with Crippen molar-refractivity contribution in [2.24, 2.45) is 0 Å². The minimum atomic E-state index is -0.137. The molecule has 184 valence electrons. The van der Waals surface area contributed by atoms with Gasteiger partial charge in [0.2, 0.25) is 5.91 Å². The summed E-state index contributed by atoms with van der Waals surface area (Å²) in [5.41, 5.74) is 1.61. The molecule has 2 aromatic carbocycles. The number of rotatable bonds is 7. The molecule has 3 heterocycles. The van der Waals surface area contributed by atoms with Gasteiger partial charge in [0, 0.05) is 30.9 Å². The predicted octanol–water partition coefficient (Wildman–Crippen LogP) is 5.17. The summed E-state index contributed by atoms with van der Waals surface area (Å²) in [4.78, 5) is 39.5. The monoisotopic (exact) mass is 547 g/mol. The van der Waals surface area contributed by atoms with Crippen LogP contribution in [0, 0.1) is 0 Å². The number of benzene rings is 2. The van der Waals surface area contributed by atoms with E-state index in [-0.39, 0.29) is 17.7 Å². The van der Waals surface area contributed by atoms with Crippen LogP contribution in [0.5, 0.6) is 11.5 Å². The van der Waals surface area contributed by atoms with Gasteiger partial charge in [0.15, 0.2) is 5.78 Å². The molecule has 0 saturated carbocycles. The van der Waals surface area contributed by atoms with Crippen molar-refractivity contribution in [2.75, 3.05) is 23.7 Å². The van der Waals surface area contributed by atoms with Crippen molar-refractivity contribution < 1.29 is 14.3 Å². The highest BCUT2D eigenvalue weighted by Crippen LogP contribution is 2.28. The number of aromatic amines is 1. The Morgan fingerprint density at radius 3 is 2.61 bits per heavy atom. The smallest absolute Gasteiger partial charge is 0.233 e. The molecule has 0 aliphatic carbocycles. The molecule has 0 bridgehead atoms. The third kappa shape index (κ3) is 5.26. The molecule has 4 aromatic rings. The molecule has 1 fully saturated rings. The van der Waals surface area contributed by atoms with Gasteiger partial charge in [-0.25, -0.2) is 9.97 Å². The zero-order valence-corrected chi connectivity index (χ0v) is 21.2. The van der Waals surface area contributed by atoms with E-state index in [1.807, 2.05) is 35.2 Å². The molecule has 1 atom stereocenters. The van der Waals surface area contributed by atoms with Crippen molar-refractivity contribution in [3.05, 3.63) is 78.2 Å². The maximum absolute atomic E-state index is 13.5. The summed E-state index contributed by atoms with van der Waals surface area (Å²) in [5.74, 6) is 1.91. The minimum Gasteiger partial charge on any atom is -0.457 e. The van der Waals surface area contributed by atoms with Gasteiger partial charge in [-0.15, -0.1) is 0 Å². The number of ether oxygens (including phenoxy) is 1. The maximum Gasteiger partial charge on any atom is 0.233 e. The van der Waals surface area contributed by atoms with Gasteiger partial charge in [0.05, 0.1) is 16.3 Å². The molecule has 1 saturated heterocycles. The number of carbonyl (C=O) groups excluding carboxylic acids is 2. The maximum atomic E-state index is 13.5. The number of carbonyl (C=O) groups is 2. The number of nitrogens with zero attached hydrogens (tertiary/aromatic N) is 3. The molecule has 0 radical (unpaired) electrons. The van der Waals surface area contributed by atoms with Crippen LogP contribution in [-0.2, 0) is 4.79 Å². The Bertz CT molecular complexity index is 1360. The zero-order chi connectivity index (χ0) is 24.9. The Labute approximate surface area is 217 Å². The van der Waals surface area contributed by atoms with Gasteiger partial charge in [0.1, 0.15) is 29.3 Å². The Hall–Kier alpha value is -3.72. The lowest BCUT2D eigenvalue weighted by atomic mass is 10.0. The number of nitrogens with one attached hydrogen (secondary N) is 2. The number of H-pyrrole nitrogens is 1. The van der Waals surface area contributed by atoms with Crippen molar-refractivity contribution >= 4 is 44.5 Å².